The number of hydrogen-bond donors (Lipinski definition) is 2. The van der Waals surface area contributed by atoms with Crippen molar-refractivity contribution in [2.75, 3.05) is 6.54 Å². The zero-order valence-electron chi connectivity index (χ0n) is 12.2. The molecule has 0 bridgehead atoms. The Labute approximate surface area is 109 Å². The first-order valence-corrected chi connectivity index (χ1v) is 6.31. The molecule has 5 heteroatoms. The lowest BCUT2D eigenvalue weighted by molar-refractivity contribution is 0.469. The third-order valence-corrected chi connectivity index (χ3v) is 2.28. The minimum atomic E-state index is -0.0244. The Morgan fingerprint density at radius 2 is 2.00 bits per heavy atom. The van der Waals surface area contributed by atoms with E-state index >= 15 is 0 Å². The van der Waals surface area contributed by atoms with Crippen molar-refractivity contribution in [1.29, 1.82) is 0 Å². The topological polar surface area (TPSA) is 62.5 Å². The lowest BCUT2D eigenvalue weighted by Gasteiger charge is -2.23. The van der Waals surface area contributed by atoms with E-state index in [4.69, 9.17) is 4.42 Å². The van der Waals surface area contributed by atoms with E-state index in [0.717, 1.165) is 24.0 Å². The Kier molecular flexibility index (Phi) is 4.76. The van der Waals surface area contributed by atoms with Gasteiger partial charge in [0, 0.05) is 12.1 Å². The average molecular weight is 252 g/mol. The summed E-state index contributed by atoms with van der Waals surface area (Å²) < 4.78 is 5.50. The highest BCUT2D eigenvalue weighted by atomic mass is 16.4. The number of rotatable bonds is 3. The molecule has 0 aliphatic carbocycles. The number of nitrogens with one attached hydrogen (secondary N) is 2. The van der Waals surface area contributed by atoms with Crippen LogP contribution in [0, 0.1) is 13.8 Å². The molecule has 18 heavy (non-hydrogen) atoms. The third-order valence-electron chi connectivity index (χ3n) is 2.28. The van der Waals surface area contributed by atoms with Crippen molar-refractivity contribution in [2.45, 2.75) is 53.6 Å². The summed E-state index contributed by atoms with van der Waals surface area (Å²) in [5.74, 6) is 2.28. The summed E-state index contributed by atoms with van der Waals surface area (Å²) in [6.07, 6.45) is 0. The number of nitrogens with zero attached hydrogens (tertiary/aromatic N) is 2. The van der Waals surface area contributed by atoms with Crippen LogP contribution in [0.2, 0.25) is 0 Å². The van der Waals surface area contributed by atoms with Gasteiger partial charge in [0.15, 0.2) is 5.96 Å². The molecule has 5 nitrogen and oxygen atoms in total. The highest BCUT2D eigenvalue weighted by Gasteiger charge is 2.12. The van der Waals surface area contributed by atoms with Gasteiger partial charge in [0.05, 0.1) is 5.69 Å². The average Bonchev–Trinajstić information content (AvgIpc) is 2.53. The van der Waals surface area contributed by atoms with E-state index in [-0.39, 0.29) is 5.54 Å². The van der Waals surface area contributed by atoms with Gasteiger partial charge in [0.2, 0.25) is 5.89 Å². The van der Waals surface area contributed by atoms with Gasteiger partial charge in [0.1, 0.15) is 12.3 Å². The third kappa shape index (κ3) is 4.77. The second-order valence-electron chi connectivity index (χ2n) is 5.32. The Morgan fingerprint density at radius 1 is 1.33 bits per heavy atom. The lowest BCUT2D eigenvalue weighted by Crippen LogP contribution is -2.47. The van der Waals surface area contributed by atoms with Crippen molar-refractivity contribution < 1.29 is 4.42 Å². The predicted molar refractivity (Wildman–Crippen MR) is 73.7 cm³/mol. The molecule has 0 amide bonds. The molecular formula is C13H24N4O. The number of aryl methyl sites for hydroxylation is 2. The molecule has 0 fully saturated rings. The fourth-order valence-corrected chi connectivity index (χ4v) is 1.42. The quantitative estimate of drug-likeness (QED) is 0.639. The van der Waals surface area contributed by atoms with Crippen molar-refractivity contribution in [2.24, 2.45) is 4.99 Å². The monoisotopic (exact) mass is 252 g/mol. The van der Waals surface area contributed by atoms with E-state index in [1.165, 1.54) is 0 Å². The van der Waals surface area contributed by atoms with Crippen LogP contribution < -0.4 is 10.6 Å². The zero-order valence-corrected chi connectivity index (χ0v) is 12.2. The van der Waals surface area contributed by atoms with Crippen LogP contribution >= 0.6 is 0 Å². The van der Waals surface area contributed by atoms with E-state index in [1.807, 2.05) is 20.8 Å². The molecule has 0 saturated heterocycles. The van der Waals surface area contributed by atoms with Gasteiger partial charge in [0.25, 0.3) is 0 Å². The van der Waals surface area contributed by atoms with Crippen LogP contribution in [0.3, 0.4) is 0 Å². The first-order valence-electron chi connectivity index (χ1n) is 6.31. The van der Waals surface area contributed by atoms with E-state index in [0.29, 0.717) is 12.4 Å². The van der Waals surface area contributed by atoms with E-state index in [9.17, 15) is 0 Å². The molecule has 0 unspecified atom stereocenters. The number of aliphatic imine (C=N–C) groups is 1. The van der Waals surface area contributed by atoms with Crippen LogP contribution in [0.25, 0.3) is 0 Å². The molecule has 0 aliphatic rings. The SMILES string of the molecule is CCNC(=NCc1nc(C)c(C)o1)NC(C)(C)C. The normalized spacial score (nSPS) is 12.7. The van der Waals surface area contributed by atoms with Crippen molar-refractivity contribution in [3.8, 4) is 0 Å². The molecular weight excluding hydrogens is 228 g/mol. The van der Waals surface area contributed by atoms with Crippen LogP contribution in [0.15, 0.2) is 9.41 Å². The van der Waals surface area contributed by atoms with Gasteiger partial charge in [-0.25, -0.2) is 9.98 Å². The summed E-state index contributed by atoms with van der Waals surface area (Å²) in [4.78, 5) is 8.77. The van der Waals surface area contributed by atoms with Crippen LogP contribution in [-0.2, 0) is 6.54 Å². The summed E-state index contributed by atoms with van der Waals surface area (Å²) in [6.45, 7) is 13.4. The minimum absolute atomic E-state index is 0.0244. The number of oxazole rings is 1. The van der Waals surface area contributed by atoms with Gasteiger partial charge < -0.3 is 15.1 Å². The van der Waals surface area contributed by atoms with Gasteiger partial charge in [-0.3, -0.25) is 0 Å². The second-order valence-corrected chi connectivity index (χ2v) is 5.32. The molecule has 1 heterocycles. The maximum atomic E-state index is 5.50. The Hall–Kier alpha value is -1.52. The van der Waals surface area contributed by atoms with Crippen molar-refractivity contribution in [3.63, 3.8) is 0 Å². The molecule has 1 aromatic heterocycles. The maximum Gasteiger partial charge on any atom is 0.216 e. The largest absolute Gasteiger partial charge is 0.444 e. The molecule has 0 atom stereocenters. The Bertz CT molecular complexity index is 396. The van der Waals surface area contributed by atoms with Gasteiger partial charge >= 0.3 is 0 Å². The zero-order chi connectivity index (χ0) is 13.8. The summed E-state index contributed by atoms with van der Waals surface area (Å²) in [5, 5.41) is 6.52. The molecule has 102 valence electrons. The van der Waals surface area contributed by atoms with Crippen molar-refractivity contribution in [3.05, 3.63) is 17.3 Å². The summed E-state index contributed by atoms with van der Waals surface area (Å²) in [6, 6.07) is 0. The smallest absolute Gasteiger partial charge is 0.216 e. The van der Waals surface area contributed by atoms with E-state index in [2.05, 4.69) is 41.4 Å². The molecule has 2 N–H and O–H groups in total. The Morgan fingerprint density at radius 3 is 2.44 bits per heavy atom. The summed E-state index contributed by atoms with van der Waals surface area (Å²) in [7, 11) is 0. The highest BCUT2D eigenvalue weighted by molar-refractivity contribution is 5.80. The molecule has 0 saturated carbocycles. The van der Waals surface area contributed by atoms with Gasteiger partial charge in [-0.15, -0.1) is 0 Å². The second kappa shape index (κ2) is 5.89. The van der Waals surface area contributed by atoms with Gasteiger partial charge in [-0.2, -0.15) is 0 Å². The molecule has 0 spiro atoms. The fraction of sp³-hybridized carbons (Fsp3) is 0.692. The predicted octanol–water partition coefficient (Wildman–Crippen LogP) is 2.15. The first kappa shape index (κ1) is 14.5. The van der Waals surface area contributed by atoms with Crippen molar-refractivity contribution in [1.82, 2.24) is 15.6 Å². The van der Waals surface area contributed by atoms with Crippen LogP contribution in [0.4, 0.5) is 0 Å². The number of guanidine groups is 1. The Balaban J connectivity index is 2.70. The summed E-state index contributed by atoms with van der Waals surface area (Å²) in [5.41, 5.74) is 0.901. The molecule has 0 radical (unpaired) electrons. The van der Waals surface area contributed by atoms with Crippen LogP contribution in [-0.4, -0.2) is 23.0 Å². The van der Waals surface area contributed by atoms with Crippen LogP contribution in [0.5, 0.6) is 0 Å². The number of aromatic nitrogens is 1. The minimum Gasteiger partial charge on any atom is -0.444 e. The first-order chi connectivity index (χ1) is 8.31. The van der Waals surface area contributed by atoms with Crippen molar-refractivity contribution >= 4 is 5.96 Å². The standard InChI is InChI=1S/C13H24N4O/c1-7-14-12(17-13(4,5)6)15-8-11-16-9(2)10(3)18-11/h7-8H2,1-6H3,(H2,14,15,17). The molecule has 0 aliphatic heterocycles. The summed E-state index contributed by atoms with van der Waals surface area (Å²) >= 11 is 0. The maximum absolute atomic E-state index is 5.50. The highest BCUT2D eigenvalue weighted by Crippen LogP contribution is 2.09. The molecule has 0 aromatic carbocycles. The van der Waals surface area contributed by atoms with Crippen LogP contribution in [0.1, 0.15) is 45.0 Å². The van der Waals surface area contributed by atoms with E-state index < -0.39 is 0 Å². The van der Waals surface area contributed by atoms with Gasteiger partial charge in [-0.1, -0.05) is 0 Å². The lowest BCUT2D eigenvalue weighted by atomic mass is 10.1. The molecule has 1 rings (SSSR count). The fourth-order valence-electron chi connectivity index (χ4n) is 1.42. The van der Waals surface area contributed by atoms with E-state index in [1.54, 1.807) is 0 Å². The van der Waals surface area contributed by atoms with Gasteiger partial charge in [-0.05, 0) is 41.5 Å². The molecule has 1 aromatic rings. The number of hydrogen-bond acceptors (Lipinski definition) is 3.